The number of aromatic nitrogens is 3. The van der Waals surface area contributed by atoms with Gasteiger partial charge in [-0.15, -0.1) is 0 Å². The highest BCUT2D eigenvalue weighted by molar-refractivity contribution is 5.77. The summed E-state index contributed by atoms with van der Waals surface area (Å²) in [6, 6.07) is 0.729. The number of ether oxygens (including phenoxy) is 1. The number of hydrogen-bond donors (Lipinski definition) is 1. The van der Waals surface area contributed by atoms with E-state index in [9.17, 15) is 18.3 Å². The van der Waals surface area contributed by atoms with Crippen molar-refractivity contribution in [3.8, 4) is 5.88 Å². The summed E-state index contributed by atoms with van der Waals surface area (Å²) in [6.45, 7) is 3.96. The average molecular weight is 343 g/mol. The van der Waals surface area contributed by atoms with Gasteiger partial charge in [0.1, 0.15) is 5.52 Å². The van der Waals surface area contributed by atoms with Crippen LogP contribution in [0, 0.1) is 0 Å². The molecular formula is C16H20F3N3O2. The zero-order valence-corrected chi connectivity index (χ0v) is 13.6. The van der Waals surface area contributed by atoms with Crippen LogP contribution < -0.4 is 4.74 Å². The first kappa shape index (κ1) is 17.0. The van der Waals surface area contributed by atoms with Crippen LogP contribution in [0.3, 0.4) is 0 Å². The van der Waals surface area contributed by atoms with E-state index in [2.05, 4.69) is 9.97 Å². The van der Waals surface area contributed by atoms with Crippen LogP contribution in [0.4, 0.5) is 13.2 Å². The Hall–Kier alpha value is -1.83. The second kappa shape index (κ2) is 5.91. The summed E-state index contributed by atoms with van der Waals surface area (Å²) in [4.78, 5) is 8.12. The van der Waals surface area contributed by atoms with E-state index in [-0.39, 0.29) is 23.1 Å². The fraction of sp³-hybridized carbons (Fsp3) is 0.625. The molecule has 24 heavy (non-hydrogen) atoms. The van der Waals surface area contributed by atoms with Crippen molar-refractivity contribution in [1.29, 1.82) is 0 Å². The van der Waals surface area contributed by atoms with Gasteiger partial charge in [-0.05, 0) is 26.2 Å². The average Bonchev–Trinajstić information content (AvgIpc) is 2.86. The van der Waals surface area contributed by atoms with E-state index in [0.29, 0.717) is 19.4 Å². The molecule has 132 valence electrons. The monoisotopic (exact) mass is 343 g/mol. The minimum absolute atomic E-state index is 0.0165. The van der Waals surface area contributed by atoms with Gasteiger partial charge < -0.3 is 14.4 Å². The smallest absolute Gasteiger partial charge is 0.418 e. The van der Waals surface area contributed by atoms with E-state index >= 15 is 0 Å². The molecule has 2 aromatic rings. The summed E-state index contributed by atoms with van der Waals surface area (Å²) < 4.78 is 47.3. The van der Waals surface area contributed by atoms with Crippen molar-refractivity contribution < 1.29 is 23.0 Å². The third-order valence-corrected chi connectivity index (χ3v) is 4.31. The Labute approximate surface area is 137 Å². The second-order valence-electron chi connectivity index (χ2n) is 6.59. The first-order chi connectivity index (χ1) is 11.2. The van der Waals surface area contributed by atoms with Gasteiger partial charge >= 0.3 is 6.18 Å². The quantitative estimate of drug-likeness (QED) is 0.841. The number of aliphatic hydroxyl groups is 1. The van der Waals surface area contributed by atoms with Gasteiger partial charge in [-0.25, -0.2) is 4.98 Å². The zero-order valence-electron chi connectivity index (χ0n) is 13.6. The summed E-state index contributed by atoms with van der Waals surface area (Å²) in [5, 5.41) is 9.86. The highest BCUT2D eigenvalue weighted by atomic mass is 19.4. The summed E-state index contributed by atoms with van der Waals surface area (Å²) in [7, 11) is 0. The predicted molar refractivity (Wildman–Crippen MR) is 81.8 cm³/mol. The van der Waals surface area contributed by atoms with Crippen LogP contribution in [0.2, 0.25) is 0 Å². The lowest BCUT2D eigenvalue weighted by Crippen LogP contribution is -2.41. The number of unbranched alkanes of at least 4 members (excludes halogenated alkanes) is 1. The highest BCUT2D eigenvalue weighted by Crippen LogP contribution is 2.44. The summed E-state index contributed by atoms with van der Waals surface area (Å²) in [5.41, 5.74) is -1.67. The molecule has 1 saturated carbocycles. The van der Waals surface area contributed by atoms with Gasteiger partial charge in [-0.1, -0.05) is 13.3 Å². The number of nitrogens with zero attached hydrogens (tertiary/aromatic N) is 3. The van der Waals surface area contributed by atoms with E-state index in [1.807, 2.05) is 6.92 Å². The minimum atomic E-state index is -4.53. The van der Waals surface area contributed by atoms with Crippen LogP contribution in [0.15, 0.2) is 12.4 Å². The molecule has 0 amide bonds. The van der Waals surface area contributed by atoms with Crippen LogP contribution in [0.5, 0.6) is 5.88 Å². The fourth-order valence-electron chi connectivity index (χ4n) is 3.06. The number of fused-ring (bicyclic) bond motifs is 1. The maximum absolute atomic E-state index is 13.5. The van der Waals surface area contributed by atoms with Crippen LogP contribution >= 0.6 is 0 Å². The minimum Gasteiger partial charge on any atom is -0.478 e. The maximum Gasteiger partial charge on any atom is 0.418 e. The molecular weight excluding hydrogens is 323 g/mol. The van der Waals surface area contributed by atoms with Crippen molar-refractivity contribution in [2.45, 2.75) is 57.3 Å². The Morgan fingerprint density at radius 3 is 2.71 bits per heavy atom. The molecule has 0 atom stereocenters. The molecule has 8 heteroatoms. The predicted octanol–water partition coefficient (Wildman–Crippen LogP) is 3.71. The Balaban J connectivity index is 2.01. The molecule has 5 nitrogen and oxygen atoms in total. The largest absolute Gasteiger partial charge is 0.478 e. The Kier molecular flexibility index (Phi) is 4.19. The van der Waals surface area contributed by atoms with Crippen molar-refractivity contribution in [2.75, 3.05) is 6.61 Å². The Morgan fingerprint density at radius 2 is 2.12 bits per heavy atom. The normalized spacial score (nSPS) is 24.2. The number of halogens is 3. The van der Waals surface area contributed by atoms with Gasteiger partial charge in [0.05, 0.1) is 24.1 Å². The van der Waals surface area contributed by atoms with Gasteiger partial charge in [0.15, 0.2) is 5.65 Å². The van der Waals surface area contributed by atoms with E-state index in [1.165, 1.54) is 10.9 Å². The Bertz CT molecular complexity index is 732. The maximum atomic E-state index is 13.5. The standard InChI is InChI=1S/C16H20F3N3O2/c1-3-4-5-24-12-6-11(16(17,18)19)13-14(21-12)20-9-22(13)10-7-15(2,23)8-10/h6,9-10,23H,3-5,7-8H2,1-2H3/t10-,15+. The first-order valence-corrected chi connectivity index (χ1v) is 8.01. The fourth-order valence-corrected chi connectivity index (χ4v) is 3.06. The molecule has 1 aliphatic carbocycles. The lowest BCUT2D eigenvalue weighted by atomic mass is 9.77. The number of rotatable bonds is 5. The van der Waals surface area contributed by atoms with Crippen molar-refractivity contribution in [3.63, 3.8) is 0 Å². The van der Waals surface area contributed by atoms with Gasteiger partial charge in [0, 0.05) is 12.1 Å². The lowest BCUT2D eigenvalue weighted by molar-refractivity contribution is -0.136. The molecule has 1 fully saturated rings. The van der Waals surface area contributed by atoms with Crippen LogP contribution in [-0.2, 0) is 6.18 Å². The molecule has 0 bridgehead atoms. The van der Waals surface area contributed by atoms with Crippen molar-refractivity contribution in [2.24, 2.45) is 0 Å². The topological polar surface area (TPSA) is 60.2 Å². The molecule has 1 aliphatic rings. The molecule has 0 radical (unpaired) electrons. The lowest BCUT2D eigenvalue weighted by Gasteiger charge is -2.41. The third-order valence-electron chi connectivity index (χ3n) is 4.31. The van der Waals surface area contributed by atoms with E-state index in [0.717, 1.165) is 18.9 Å². The summed E-state index contributed by atoms with van der Waals surface area (Å²) in [5.74, 6) is -0.0610. The van der Waals surface area contributed by atoms with Crippen LogP contribution in [-0.4, -0.2) is 31.8 Å². The molecule has 0 aliphatic heterocycles. The van der Waals surface area contributed by atoms with E-state index in [1.54, 1.807) is 6.92 Å². The highest BCUT2D eigenvalue weighted by Gasteiger charge is 2.42. The number of alkyl halides is 3. The van der Waals surface area contributed by atoms with Crippen molar-refractivity contribution in [3.05, 3.63) is 18.0 Å². The molecule has 0 spiro atoms. The number of imidazole rings is 1. The van der Waals surface area contributed by atoms with Crippen LogP contribution in [0.1, 0.15) is 51.1 Å². The van der Waals surface area contributed by atoms with Gasteiger partial charge in [0.25, 0.3) is 0 Å². The summed E-state index contributed by atoms with van der Waals surface area (Å²) in [6.07, 6.45) is -0.761. The molecule has 2 heterocycles. The third kappa shape index (κ3) is 3.19. The number of pyridine rings is 1. The van der Waals surface area contributed by atoms with E-state index < -0.39 is 17.3 Å². The molecule has 0 aromatic carbocycles. The van der Waals surface area contributed by atoms with Gasteiger partial charge in [-0.2, -0.15) is 18.2 Å². The number of hydrogen-bond acceptors (Lipinski definition) is 4. The molecule has 1 N–H and O–H groups in total. The molecule has 2 aromatic heterocycles. The first-order valence-electron chi connectivity index (χ1n) is 8.01. The van der Waals surface area contributed by atoms with E-state index in [4.69, 9.17) is 4.74 Å². The zero-order chi connectivity index (χ0) is 17.5. The second-order valence-corrected chi connectivity index (χ2v) is 6.59. The molecule has 3 rings (SSSR count). The Morgan fingerprint density at radius 1 is 1.42 bits per heavy atom. The van der Waals surface area contributed by atoms with Gasteiger partial charge in [0.2, 0.25) is 5.88 Å². The van der Waals surface area contributed by atoms with Crippen LogP contribution in [0.25, 0.3) is 11.2 Å². The summed E-state index contributed by atoms with van der Waals surface area (Å²) >= 11 is 0. The van der Waals surface area contributed by atoms with Crippen molar-refractivity contribution >= 4 is 11.2 Å². The van der Waals surface area contributed by atoms with Gasteiger partial charge in [-0.3, -0.25) is 0 Å². The van der Waals surface area contributed by atoms with Crippen molar-refractivity contribution in [1.82, 2.24) is 14.5 Å². The SMILES string of the molecule is CCCCOc1cc(C(F)(F)F)c2c(ncn2[C@H]2C[C@@](C)(O)C2)n1. The molecule has 0 unspecified atom stereocenters. The molecule has 0 saturated heterocycles.